The van der Waals surface area contributed by atoms with E-state index in [1.54, 1.807) is 5.56 Å². The first kappa shape index (κ1) is 11.2. The Morgan fingerprint density at radius 3 is 2.25 bits per heavy atom. The maximum absolute atomic E-state index is 2.36. The quantitative estimate of drug-likeness (QED) is 0.587. The summed E-state index contributed by atoms with van der Waals surface area (Å²) in [6.07, 6.45) is 9.06. The first-order chi connectivity index (χ1) is 7.88. The molecule has 1 aromatic rings. The van der Waals surface area contributed by atoms with Crippen molar-refractivity contribution in [2.45, 2.75) is 32.6 Å². The van der Waals surface area contributed by atoms with Crippen LogP contribution in [-0.4, -0.2) is 0 Å². The largest absolute Gasteiger partial charge is 0.0799 e. The average Bonchev–Trinajstić information content (AvgIpc) is 2.67. The average molecular weight is 212 g/mol. The fourth-order valence-corrected chi connectivity index (χ4v) is 2.85. The van der Waals surface area contributed by atoms with Crippen LogP contribution in [0.1, 0.15) is 43.7 Å². The first-order valence-electron chi connectivity index (χ1n) is 6.32. The van der Waals surface area contributed by atoms with Gasteiger partial charge in [-0.05, 0) is 23.0 Å². The van der Waals surface area contributed by atoms with Gasteiger partial charge in [-0.2, -0.15) is 0 Å². The van der Waals surface area contributed by atoms with Gasteiger partial charge in [-0.15, -0.1) is 0 Å². The number of hydrogen-bond acceptors (Lipinski definition) is 0. The van der Waals surface area contributed by atoms with Crippen LogP contribution in [-0.2, 0) is 0 Å². The Morgan fingerprint density at radius 1 is 0.875 bits per heavy atom. The normalized spacial score (nSPS) is 29.1. The van der Waals surface area contributed by atoms with Gasteiger partial charge in [-0.25, -0.2) is 0 Å². The van der Waals surface area contributed by atoms with Crippen molar-refractivity contribution in [3.05, 3.63) is 59.7 Å². The summed E-state index contributed by atoms with van der Waals surface area (Å²) in [4.78, 5) is 0. The first-order valence-corrected chi connectivity index (χ1v) is 6.32. The molecule has 0 radical (unpaired) electrons. The number of fused-ring (bicyclic) bond motifs is 3. The van der Waals surface area contributed by atoms with Gasteiger partial charge in [-0.3, -0.25) is 0 Å². The highest BCUT2D eigenvalue weighted by Crippen LogP contribution is 2.48. The molecular formula is C16H20. The standard InChI is InChI=1S/C14H14.C2H6/c1-10-11-6-2-4-8-13(11)14-9-5-3-7-12(10)14;1-2/h2-11,13H,1H3;1-2H3. The molecule has 3 rings (SSSR count). The van der Waals surface area contributed by atoms with Crippen LogP contribution in [0, 0.1) is 5.92 Å². The zero-order valence-electron chi connectivity index (χ0n) is 10.4. The van der Waals surface area contributed by atoms with Gasteiger partial charge >= 0.3 is 0 Å². The predicted octanol–water partition coefficient (Wildman–Crippen LogP) is 4.66. The Morgan fingerprint density at radius 2 is 1.50 bits per heavy atom. The van der Waals surface area contributed by atoms with Crippen molar-refractivity contribution >= 4 is 0 Å². The Hall–Kier alpha value is -1.30. The zero-order valence-corrected chi connectivity index (χ0v) is 10.4. The third-order valence-electron chi connectivity index (χ3n) is 3.60. The summed E-state index contributed by atoms with van der Waals surface area (Å²) >= 11 is 0. The maximum Gasteiger partial charge on any atom is 0.00926 e. The molecule has 0 heteroatoms. The minimum Gasteiger partial charge on any atom is -0.0799 e. The number of allylic oxidation sites excluding steroid dienone is 4. The molecule has 0 aromatic heterocycles. The Bertz CT molecular complexity index is 412. The second-order valence-electron chi connectivity index (χ2n) is 4.29. The molecule has 1 aromatic carbocycles. The smallest absolute Gasteiger partial charge is 0.00926 e. The third kappa shape index (κ3) is 1.63. The van der Waals surface area contributed by atoms with E-state index in [2.05, 4.69) is 55.5 Å². The monoisotopic (exact) mass is 212 g/mol. The highest BCUT2D eigenvalue weighted by molar-refractivity contribution is 5.45. The van der Waals surface area contributed by atoms with Gasteiger partial charge in [-0.1, -0.05) is 69.3 Å². The van der Waals surface area contributed by atoms with Gasteiger partial charge < -0.3 is 0 Å². The summed E-state index contributed by atoms with van der Waals surface area (Å²) in [7, 11) is 0. The van der Waals surface area contributed by atoms with Gasteiger partial charge in [0.1, 0.15) is 0 Å². The molecule has 0 nitrogen and oxygen atoms in total. The highest BCUT2D eigenvalue weighted by atomic mass is 14.4. The van der Waals surface area contributed by atoms with Crippen molar-refractivity contribution in [1.29, 1.82) is 0 Å². The van der Waals surface area contributed by atoms with E-state index in [4.69, 9.17) is 0 Å². The fraction of sp³-hybridized carbons (Fsp3) is 0.375. The lowest BCUT2D eigenvalue weighted by molar-refractivity contribution is 0.543. The molecule has 3 unspecified atom stereocenters. The maximum atomic E-state index is 2.36. The molecule has 2 aliphatic rings. The molecule has 0 saturated heterocycles. The third-order valence-corrected chi connectivity index (χ3v) is 3.60. The zero-order chi connectivity index (χ0) is 11.5. The van der Waals surface area contributed by atoms with E-state index in [-0.39, 0.29) is 0 Å². The molecule has 2 aliphatic carbocycles. The topological polar surface area (TPSA) is 0 Å². The molecule has 0 amide bonds. The summed E-state index contributed by atoms with van der Waals surface area (Å²) in [6, 6.07) is 8.86. The number of benzene rings is 1. The second kappa shape index (κ2) is 4.69. The van der Waals surface area contributed by atoms with Crippen LogP contribution < -0.4 is 0 Å². The van der Waals surface area contributed by atoms with E-state index in [0.717, 1.165) is 0 Å². The van der Waals surface area contributed by atoms with E-state index in [1.807, 2.05) is 13.8 Å². The molecule has 0 fully saturated rings. The fourth-order valence-electron chi connectivity index (χ4n) is 2.85. The molecule has 16 heavy (non-hydrogen) atoms. The molecule has 84 valence electrons. The second-order valence-corrected chi connectivity index (χ2v) is 4.29. The summed E-state index contributed by atoms with van der Waals surface area (Å²) in [6.45, 7) is 6.34. The summed E-state index contributed by atoms with van der Waals surface area (Å²) < 4.78 is 0. The molecule has 0 heterocycles. The van der Waals surface area contributed by atoms with Crippen molar-refractivity contribution in [2.75, 3.05) is 0 Å². The van der Waals surface area contributed by atoms with E-state index >= 15 is 0 Å². The summed E-state index contributed by atoms with van der Waals surface area (Å²) in [5, 5.41) is 0. The van der Waals surface area contributed by atoms with Gasteiger partial charge in [0.25, 0.3) is 0 Å². The van der Waals surface area contributed by atoms with Gasteiger partial charge in [0.15, 0.2) is 0 Å². The van der Waals surface area contributed by atoms with Crippen molar-refractivity contribution in [3.8, 4) is 0 Å². The van der Waals surface area contributed by atoms with E-state index in [1.165, 1.54) is 5.56 Å². The molecule has 0 spiro atoms. The molecule has 0 saturated carbocycles. The van der Waals surface area contributed by atoms with Crippen molar-refractivity contribution in [1.82, 2.24) is 0 Å². The molecular weight excluding hydrogens is 192 g/mol. The molecule has 0 bridgehead atoms. The van der Waals surface area contributed by atoms with E-state index < -0.39 is 0 Å². The van der Waals surface area contributed by atoms with Gasteiger partial charge in [0.2, 0.25) is 0 Å². The molecule has 3 atom stereocenters. The van der Waals surface area contributed by atoms with E-state index in [9.17, 15) is 0 Å². The van der Waals surface area contributed by atoms with Crippen LogP contribution in [0.3, 0.4) is 0 Å². The number of rotatable bonds is 0. The van der Waals surface area contributed by atoms with E-state index in [0.29, 0.717) is 17.8 Å². The molecule has 0 aliphatic heterocycles. The summed E-state index contributed by atoms with van der Waals surface area (Å²) in [5.74, 6) is 2.00. The van der Waals surface area contributed by atoms with Crippen molar-refractivity contribution in [2.24, 2.45) is 5.92 Å². The Balaban J connectivity index is 0.000000457. The van der Waals surface area contributed by atoms with Crippen LogP contribution in [0.25, 0.3) is 0 Å². The Labute approximate surface area is 98.7 Å². The summed E-state index contributed by atoms with van der Waals surface area (Å²) in [5.41, 5.74) is 3.07. The minimum absolute atomic E-state index is 0.631. The van der Waals surface area contributed by atoms with Crippen molar-refractivity contribution in [3.63, 3.8) is 0 Å². The Kier molecular flexibility index (Phi) is 3.28. The van der Waals surface area contributed by atoms with Gasteiger partial charge in [0, 0.05) is 5.92 Å². The lowest BCUT2D eigenvalue weighted by Crippen LogP contribution is -2.07. The van der Waals surface area contributed by atoms with Crippen LogP contribution >= 0.6 is 0 Å². The lowest BCUT2D eigenvalue weighted by Gasteiger charge is -2.19. The number of hydrogen-bond donors (Lipinski definition) is 0. The predicted molar refractivity (Wildman–Crippen MR) is 70.7 cm³/mol. The van der Waals surface area contributed by atoms with Crippen LogP contribution in [0.2, 0.25) is 0 Å². The van der Waals surface area contributed by atoms with Crippen LogP contribution in [0.15, 0.2) is 48.6 Å². The van der Waals surface area contributed by atoms with Gasteiger partial charge in [0.05, 0.1) is 0 Å². The minimum atomic E-state index is 0.631. The lowest BCUT2D eigenvalue weighted by atomic mass is 9.85. The molecule has 0 N–H and O–H groups in total. The SMILES string of the molecule is CC.CC1c2ccccc2C2C=CC=CC12. The van der Waals surface area contributed by atoms with Crippen LogP contribution in [0.5, 0.6) is 0 Å². The van der Waals surface area contributed by atoms with Crippen molar-refractivity contribution < 1.29 is 0 Å². The van der Waals surface area contributed by atoms with Crippen LogP contribution in [0.4, 0.5) is 0 Å². The highest BCUT2D eigenvalue weighted by Gasteiger charge is 2.35.